The predicted octanol–water partition coefficient (Wildman–Crippen LogP) is 3.88. The van der Waals surface area contributed by atoms with E-state index in [2.05, 4.69) is 21.1 Å². The van der Waals surface area contributed by atoms with Crippen LogP contribution in [0.3, 0.4) is 0 Å². The smallest absolute Gasteiger partial charge is 0.358 e. The summed E-state index contributed by atoms with van der Waals surface area (Å²) < 4.78 is 5.29. The molecule has 22 heavy (non-hydrogen) atoms. The van der Waals surface area contributed by atoms with E-state index in [1.54, 1.807) is 42.5 Å². The fourth-order valence-corrected chi connectivity index (χ4v) is 2.07. The van der Waals surface area contributed by atoms with Gasteiger partial charge < -0.3 is 9.63 Å². The van der Waals surface area contributed by atoms with Crippen molar-refractivity contribution in [3.05, 3.63) is 68.8 Å². The summed E-state index contributed by atoms with van der Waals surface area (Å²) in [5.41, 5.74) is 0.558. The first kappa shape index (κ1) is 15.6. The number of aromatic nitrogens is 1. The molecule has 0 spiro atoms. The van der Waals surface area contributed by atoms with Crippen molar-refractivity contribution >= 4 is 38.6 Å². The Morgan fingerprint density at radius 1 is 1.18 bits per heavy atom. The number of carboxylic acid groups (broad SMARTS) is 1. The van der Waals surface area contributed by atoms with Crippen molar-refractivity contribution in [1.82, 2.24) is 5.16 Å². The van der Waals surface area contributed by atoms with Gasteiger partial charge in [-0.1, -0.05) is 29.4 Å². The first-order valence-electron chi connectivity index (χ1n) is 5.97. The molecular formula is C14H9BrN2O5. The molecule has 0 aliphatic heterocycles. The Balaban J connectivity index is 0.000000164. The van der Waals surface area contributed by atoms with Crippen LogP contribution in [0.1, 0.15) is 10.5 Å². The Hall–Kier alpha value is -2.74. The van der Waals surface area contributed by atoms with Gasteiger partial charge in [-0.3, -0.25) is 10.1 Å². The van der Waals surface area contributed by atoms with Gasteiger partial charge in [-0.25, -0.2) is 4.79 Å². The highest BCUT2D eigenvalue weighted by Gasteiger charge is 2.13. The molecule has 0 bridgehead atoms. The summed E-state index contributed by atoms with van der Waals surface area (Å²) >= 11 is 3.06. The van der Waals surface area contributed by atoms with E-state index in [-0.39, 0.29) is 11.4 Å². The first-order valence-corrected chi connectivity index (χ1v) is 6.76. The highest BCUT2D eigenvalue weighted by Crippen LogP contribution is 2.22. The number of para-hydroxylation sites is 2. The monoisotopic (exact) mass is 364 g/mol. The van der Waals surface area contributed by atoms with E-state index < -0.39 is 10.9 Å². The van der Waals surface area contributed by atoms with Gasteiger partial charge in [0, 0.05) is 6.07 Å². The number of fused-ring (bicyclic) bond motifs is 1. The number of nitro benzene ring substituents is 1. The lowest BCUT2D eigenvalue weighted by Gasteiger charge is -1.91. The summed E-state index contributed by atoms with van der Waals surface area (Å²) in [4.78, 5) is 20.3. The largest absolute Gasteiger partial charge is 0.476 e. The van der Waals surface area contributed by atoms with Crippen LogP contribution in [0.5, 0.6) is 0 Å². The number of hydrogen-bond donors (Lipinski definition) is 1. The van der Waals surface area contributed by atoms with Crippen LogP contribution < -0.4 is 0 Å². The fourth-order valence-electron chi connectivity index (χ4n) is 1.64. The van der Waals surface area contributed by atoms with Crippen LogP contribution >= 0.6 is 15.9 Å². The third-order valence-corrected chi connectivity index (χ3v) is 3.30. The number of carboxylic acids is 1. The SMILES string of the molecule is O=C(O)c1noc2ccccc12.O=[N+]([O-])c1ccccc1Br. The van der Waals surface area contributed by atoms with Crippen LogP contribution in [-0.4, -0.2) is 21.2 Å². The summed E-state index contributed by atoms with van der Waals surface area (Å²) in [7, 11) is 0. The van der Waals surface area contributed by atoms with E-state index in [4.69, 9.17) is 9.63 Å². The lowest BCUT2D eigenvalue weighted by molar-refractivity contribution is -0.385. The van der Waals surface area contributed by atoms with Gasteiger partial charge >= 0.3 is 5.97 Å². The van der Waals surface area contributed by atoms with Crippen molar-refractivity contribution in [3.63, 3.8) is 0 Å². The van der Waals surface area contributed by atoms with E-state index in [1.807, 2.05) is 0 Å². The Kier molecular flexibility index (Phi) is 4.84. The topological polar surface area (TPSA) is 106 Å². The molecule has 0 unspecified atom stereocenters. The van der Waals surface area contributed by atoms with Gasteiger partial charge in [0.1, 0.15) is 0 Å². The van der Waals surface area contributed by atoms with Crippen molar-refractivity contribution in [2.45, 2.75) is 0 Å². The van der Waals surface area contributed by atoms with Gasteiger partial charge in [0.25, 0.3) is 5.69 Å². The summed E-state index contributed by atoms with van der Waals surface area (Å²) in [6, 6.07) is 13.3. The molecule has 0 radical (unpaired) electrons. The molecule has 3 aromatic rings. The van der Waals surface area contributed by atoms with Crippen molar-refractivity contribution in [3.8, 4) is 0 Å². The van der Waals surface area contributed by atoms with Gasteiger partial charge in [0.05, 0.1) is 14.8 Å². The van der Waals surface area contributed by atoms with Gasteiger partial charge in [0.2, 0.25) is 0 Å². The van der Waals surface area contributed by atoms with Crippen LogP contribution in [0.2, 0.25) is 0 Å². The highest BCUT2D eigenvalue weighted by atomic mass is 79.9. The lowest BCUT2D eigenvalue weighted by Crippen LogP contribution is -1.95. The quantitative estimate of drug-likeness (QED) is 0.546. The highest BCUT2D eigenvalue weighted by molar-refractivity contribution is 9.10. The molecule has 0 aliphatic carbocycles. The number of carbonyl (C=O) groups is 1. The molecule has 3 rings (SSSR count). The van der Waals surface area contributed by atoms with Gasteiger partial charge in [0.15, 0.2) is 11.3 Å². The standard InChI is InChI=1S/C8H5NO3.C6H4BrNO2/c10-8(11)7-5-3-1-2-4-6(5)12-9-7;7-5-3-1-2-4-6(5)8(9)10/h1-4H,(H,10,11);1-4H. The van der Waals surface area contributed by atoms with Crippen LogP contribution in [0.25, 0.3) is 11.0 Å². The van der Waals surface area contributed by atoms with Gasteiger partial charge in [-0.2, -0.15) is 0 Å². The van der Waals surface area contributed by atoms with E-state index in [1.165, 1.54) is 6.07 Å². The number of nitrogens with zero attached hydrogens (tertiary/aromatic N) is 2. The van der Waals surface area contributed by atoms with E-state index in [0.29, 0.717) is 15.4 Å². The molecule has 7 nitrogen and oxygen atoms in total. The van der Waals surface area contributed by atoms with Crippen molar-refractivity contribution in [1.29, 1.82) is 0 Å². The lowest BCUT2D eigenvalue weighted by atomic mass is 10.2. The number of hydrogen-bond acceptors (Lipinski definition) is 5. The fraction of sp³-hybridized carbons (Fsp3) is 0. The maximum atomic E-state index is 10.6. The number of benzene rings is 2. The Morgan fingerprint density at radius 3 is 2.41 bits per heavy atom. The second kappa shape index (κ2) is 6.81. The number of rotatable bonds is 2. The molecule has 0 fully saturated rings. The van der Waals surface area contributed by atoms with E-state index in [9.17, 15) is 14.9 Å². The van der Waals surface area contributed by atoms with Crippen LogP contribution in [-0.2, 0) is 0 Å². The summed E-state index contributed by atoms with van der Waals surface area (Å²) in [6.07, 6.45) is 0. The average molecular weight is 365 g/mol. The van der Waals surface area contributed by atoms with Crippen molar-refractivity contribution < 1.29 is 19.3 Å². The molecule has 1 N–H and O–H groups in total. The molecule has 0 saturated carbocycles. The molecule has 112 valence electrons. The summed E-state index contributed by atoms with van der Waals surface area (Å²) in [5.74, 6) is -1.07. The normalized spacial score (nSPS) is 9.86. The first-order chi connectivity index (χ1) is 10.5. The maximum absolute atomic E-state index is 10.6. The van der Waals surface area contributed by atoms with Crippen LogP contribution in [0, 0.1) is 10.1 Å². The Labute approximate surface area is 132 Å². The molecule has 0 saturated heterocycles. The van der Waals surface area contributed by atoms with E-state index >= 15 is 0 Å². The maximum Gasteiger partial charge on any atom is 0.358 e. The second-order valence-corrected chi connectivity index (χ2v) is 4.90. The molecule has 2 aromatic carbocycles. The zero-order valence-corrected chi connectivity index (χ0v) is 12.6. The van der Waals surface area contributed by atoms with E-state index in [0.717, 1.165) is 0 Å². The molecule has 0 amide bonds. The molecule has 0 atom stereocenters. The zero-order valence-electron chi connectivity index (χ0n) is 11.0. The molecular weight excluding hydrogens is 356 g/mol. The average Bonchev–Trinajstić information content (AvgIpc) is 2.92. The minimum atomic E-state index is -1.07. The predicted molar refractivity (Wildman–Crippen MR) is 81.8 cm³/mol. The van der Waals surface area contributed by atoms with Crippen LogP contribution in [0.4, 0.5) is 5.69 Å². The summed E-state index contributed by atoms with van der Waals surface area (Å²) in [5, 5.41) is 22.8. The molecule has 1 aromatic heterocycles. The number of halogens is 1. The third kappa shape index (κ3) is 3.47. The molecule has 0 aliphatic rings. The Bertz CT molecular complexity index is 831. The second-order valence-electron chi connectivity index (χ2n) is 4.04. The van der Waals surface area contributed by atoms with Crippen molar-refractivity contribution in [2.24, 2.45) is 0 Å². The third-order valence-electron chi connectivity index (χ3n) is 2.63. The zero-order chi connectivity index (χ0) is 16.1. The van der Waals surface area contributed by atoms with Gasteiger partial charge in [-0.15, -0.1) is 0 Å². The molecule has 1 heterocycles. The minimum Gasteiger partial charge on any atom is -0.476 e. The summed E-state index contributed by atoms with van der Waals surface area (Å²) in [6.45, 7) is 0. The molecule has 8 heteroatoms. The van der Waals surface area contributed by atoms with Gasteiger partial charge in [-0.05, 0) is 34.1 Å². The number of aromatic carboxylic acids is 1. The van der Waals surface area contributed by atoms with Crippen molar-refractivity contribution in [2.75, 3.05) is 0 Å². The Morgan fingerprint density at radius 2 is 1.82 bits per heavy atom. The number of nitro groups is 1. The van der Waals surface area contributed by atoms with Crippen LogP contribution in [0.15, 0.2) is 57.5 Å². The minimum absolute atomic E-state index is 0.0365.